The number of carbonyl (C=O) groups excluding carboxylic acids is 1. The predicted molar refractivity (Wildman–Crippen MR) is 77.7 cm³/mol. The van der Waals surface area contributed by atoms with Crippen LogP contribution in [-0.4, -0.2) is 26.7 Å². The molecule has 1 rings (SSSR count). The van der Waals surface area contributed by atoms with Crippen LogP contribution in [0.2, 0.25) is 0 Å². The lowest BCUT2D eigenvalue weighted by molar-refractivity contribution is -0.146. The molecule has 3 nitrogen and oxygen atoms in total. The molecule has 5 heteroatoms. The molecule has 0 spiro atoms. The molecule has 0 fully saturated rings. The minimum absolute atomic E-state index is 0.130. The second-order valence-corrected chi connectivity index (χ2v) is 5.77. The van der Waals surface area contributed by atoms with E-state index in [1.807, 2.05) is 13.8 Å². The third kappa shape index (κ3) is 4.20. The monoisotopic (exact) mass is 331 g/mol. The minimum Gasteiger partial charge on any atom is -0.469 e. The summed E-state index contributed by atoms with van der Waals surface area (Å²) in [7, 11) is 3.14. The minimum atomic E-state index is -0.307. The molecule has 0 bridgehead atoms. The number of hydrogen-bond donors (Lipinski definition) is 0. The van der Waals surface area contributed by atoms with Crippen LogP contribution in [-0.2, 0) is 9.53 Å². The molecule has 1 aromatic carbocycles. The number of rotatable bonds is 5. The van der Waals surface area contributed by atoms with Gasteiger partial charge in [0.25, 0.3) is 0 Å². The average molecular weight is 332 g/mol. The van der Waals surface area contributed by atoms with E-state index in [0.29, 0.717) is 12.2 Å². The number of benzene rings is 1. The van der Waals surface area contributed by atoms with Crippen molar-refractivity contribution in [2.75, 3.05) is 25.6 Å². The van der Waals surface area contributed by atoms with Gasteiger partial charge in [0.15, 0.2) is 0 Å². The van der Waals surface area contributed by atoms with Crippen molar-refractivity contribution in [3.63, 3.8) is 0 Å². The van der Waals surface area contributed by atoms with E-state index in [2.05, 4.69) is 15.9 Å². The topological polar surface area (TPSA) is 29.5 Å². The van der Waals surface area contributed by atoms with E-state index in [9.17, 15) is 9.18 Å². The molecule has 0 aliphatic carbocycles. The van der Waals surface area contributed by atoms with E-state index in [-0.39, 0.29) is 23.6 Å². The van der Waals surface area contributed by atoms with Crippen molar-refractivity contribution >= 4 is 27.6 Å². The lowest BCUT2D eigenvalue weighted by Crippen LogP contribution is -2.34. The molecule has 0 heterocycles. The van der Waals surface area contributed by atoms with Crippen molar-refractivity contribution < 1.29 is 13.9 Å². The van der Waals surface area contributed by atoms with Gasteiger partial charge in [-0.2, -0.15) is 0 Å². The Labute approximate surface area is 121 Å². The van der Waals surface area contributed by atoms with Crippen molar-refractivity contribution in [1.29, 1.82) is 0 Å². The highest BCUT2D eigenvalue weighted by Gasteiger charge is 2.25. The molecule has 0 N–H and O–H groups in total. The zero-order valence-corrected chi connectivity index (χ0v) is 13.2. The fourth-order valence-corrected chi connectivity index (χ4v) is 2.23. The first-order valence-electron chi connectivity index (χ1n) is 6.10. The Morgan fingerprint density at radius 2 is 2.11 bits per heavy atom. The molecule has 0 saturated carbocycles. The highest BCUT2D eigenvalue weighted by molar-refractivity contribution is 9.10. The number of methoxy groups -OCH3 is 1. The van der Waals surface area contributed by atoms with Gasteiger partial charge in [0.1, 0.15) is 5.82 Å². The molecular weight excluding hydrogens is 313 g/mol. The number of ether oxygens (including phenoxy) is 1. The highest BCUT2D eigenvalue weighted by Crippen LogP contribution is 2.25. The van der Waals surface area contributed by atoms with Gasteiger partial charge in [0.05, 0.1) is 18.7 Å². The van der Waals surface area contributed by atoms with Crippen LogP contribution >= 0.6 is 15.9 Å². The van der Waals surface area contributed by atoms with Crippen LogP contribution in [0.3, 0.4) is 0 Å². The van der Waals surface area contributed by atoms with E-state index in [1.165, 1.54) is 13.2 Å². The molecule has 1 atom stereocenters. The second-order valence-electron chi connectivity index (χ2n) is 4.85. The van der Waals surface area contributed by atoms with Crippen molar-refractivity contribution in [2.45, 2.75) is 13.8 Å². The van der Waals surface area contributed by atoms with Crippen LogP contribution < -0.4 is 4.90 Å². The van der Waals surface area contributed by atoms with Crippen LogP contribution in [0.25, 0.3) is 0 Å². The lowest BCUT2D eigenvalue weighted by atomic mass is 9.95. The number of hydrogen-bond acceptors (Lipinski definition) is 3. The Morgan fingerprint density at radius 1 is 1.47 bits per heavy atom. The Balaban J connectivity index is 2.90. The van der Waals surface area contributed by atoms with E-state index in [0.717, 1.165) is 4.47 Å². The summed E-state index contributed by atoms with van der Waals surface area (Å²) >= 11 is 3.32. The van der Waals surface area contributed by atoms with Crippen molar-refractivity contribution in [1.82, 2.24) is 0 Å². The molecule has 0 amide bonds. The van der Waals surface area contributed by atoms with Crippen molar-refractivity contribution in [3.8, 4) is 0 Å². The van der Waals surface area contributed by atoms with Gasteiger partial charge in [0, 0.05) is 18.1 Å². The van der Waals surface area contributed by atoms with E-state index in [4.69, 9.17) is 4.74 Å². The lowest BCUT2D eigenvalue weighted by Gasteiger charge is -2.27. The summed E-state index contributed by atoms with van der Waals surface area (Å²) in [6.45, 7) is 4.32. The maximum Gasteiger partial charge on any atom is 0.310 e. The van der Waals surface area contributed by atoms with Crippen molar-refractivity contribution in [2.24, 2.45) is 11.8 Å². The maximum atomic E-state index is 13.8. The first-order valence-corrected chi connectivity index (χ1v) is 6.90. The summed E-state index contributed by atoms with van der Waals surface area (Å²) < 4.78 is 19.4. The van der Waals surface area contributed by atoms with Crippen LogP contribution in [0.1, 0.15) is 13.8 Å². The molecule has 0 saturated heterocycles. The van der Waals surface area contributed by atoms with Crippen LogP contribution in [0.5, 0.6) is 0 Å². The van der Waals surface area contributed by atoms with Gasteiger partial charge in [-0.3, -0.25) is 4.79 Å². The first-order chi connectivity index (χ1) is 8.86. The number of anilines is 1. The Hall–Kier alpha value is -1.10. The average Bonchev–Trinajstić information content (AvgIpc) is 2.37. The smallest absolute Gasteiger partial charge is 0.310 e. The molecule has 19 heavy (non-hydrogen) atoms. The summed E-state index contributed by atoms with van der Waals surface area (Å²) in [4.78, 5) is 13.5. The normalized spacial score (nSPS) is 12.4. The summed E-state index contributed by atoms with van der Waals surface area (Å²) in [6, 6.07) is 4.75. The highest BCUT2D eigenvalue weighted by atomic mass is 79.9. The molecule has 0 aromatic heterocycles. The molecule has 0 aliphatic rings. The fraction of sp³-hybridized carbons (Fsp3) is 0.500. The third-order valence-corrected chi connectivity index (χ3v) is 3.59. The fourth-order valence-electron chi connectivity index (χ4n) is 1.88. The van der Waals surface area contributed by atoms with E-state index < -0.39 is 0 Å². The number of halogens is 2. The second kappa shape index (κ2) is 6.89. The van der Waals surface area contributed by atoms with E-state index in [1.54, 1.807) is 24.1 Å². The van der Waals surface area contributed by atoms with Gasteiger partial charge >= 0.3 is 5.97 Å². The first kappa shape index (κ1) is 16.0. The van der Waals surface area contributed by atoms with Crippen molar-refractivity contribution in [3.05, 3.63) is 28.5 Å². The van der Waals surface area contributed by atoms with Gasteiger partial charge < -0.3 is 9.64 Å². The number of carbonyl (C=O) groups is 1. The number of esters is 1. The predicted octanol–water partition coefficient (Wildman–Crippen LogP) is 3.47. The van der Waals surface area contributed by atoms with Crippen LogP contribution in [0, 0.1) is 17.7 Å². The van der Waals surface area contributed by atoms with E-state index >= 15 is 0 Å². The Morgan fingerprint density at radius 3 is 2.63 bits per heavy atom. The number of nitrogens with zero attached hydrogens (tertiary/aromatic N) is 1. The SMILES string of the molecule is COC(=O)C(CN(C)c1cc(Br)ccc1F)C(C)C. The summed E-state index contributed by atoms with van der Waals surface area (Å²) in [5, 5.41) is 0. The quantitative estimate of drug-likeness (QED) is 0.774. The van der Waals surface area contributed by atoms with Crippen LogP contribution in [0.4, 0.5) is 10.1 Å². The van der Waals surface area contributed by atoms with Gasteiger partial charge in [-0.25, -0.2) is 4.39 Å². The molecule has 0 radical (unpaired) electrons. The molecule has 1 unspecified atom stereocenters. The molecule has 0 aliphatic heterocycles. The molecular formula is C14H19BrFNO2. The summed E-state index contributed by atoms with van der Waals surface area (Å²) in [5.41, 5.74) is 0.462. The Kier molecular flexibility index (Phi) is 5.79. The zero-order chi connectivity index (χ0) is 14.6. The maximum absolute atomic E-state index is 13.8. The summed E-state index contributed by atoms with van der Waals surface area (Å²) in [5.74, 6) is -0.728. The van der Waals surface area contributed by atoms with Crippen LogP contribution in [0.15, 0.2) is 22.7 Å². The standard InChI is InChI=1S/C14H19BrFNO2/c1-9(2)11(14(18)19-4)8-17(3)13-7-10(15)5-6-12(13)16/h5-7,9,11H,8H2,1-4H3. The zero-order valence-electron chi connectivity index (χ0n) is 11.6. The molecule has 106 valence electrons. The van der Waals surface area contributed by atoms with Gasteiger partial charge in [-0.05, 0) is 24.1 Å². The molecule has 1 aromatic rings. The largest absolute Gasteiger partial charge is 0.469 e. The van der Waals surface area contributed by atoms with Gasteiger partial charge in [-0.1, -0.05) is 29.8 Å². The van der Waals surface area contributed by atoms with Gasteiger partial charge in [-0.15, -0.1) is 0 Å². The van der Waals surface area contributed by atoms with Gasteiger partial charge in [0.2, 0.25) is 0 Å². The Bertz CT molecular complexity index is 451. The third-order valence-electron chi connectivity index (χ3n) is 3.10. The summed E-state index contributed by atoms with van der Waals surface area (Å²) in [6.07, 6.45) is 0.